The number of hydrogen-bond acceptors (Lipinski definition) is 7. The first-order valence-corrected chi connectivity index (χ1v) is 21.3. The Hall–Kier alpha value is -1.99. The lowest BCUT2D eigenvalue weighted by molar-refractivity contribution is -0.161. The van der Waals surface area contributed by atoms with Gasteiger partial charge in [-0.25, -0.2) is 4.57 Å². The molecule has 0 saturated heterocycles. The maximum atomic E-state index is 12.5. The van der Waals surface area contributed by atoms with Gasteiger partial charge in [0.05, 0.1) is 6.61 Å². The van der Waals surface area contributed by atoms with Crippen LogP contribution in [0.25, 0.3) is 0 Å². The molecule has 0 aliphatic rings. The second kappa shape index (κ2) is 36.8. The van der Waals surface area contributed by atoms with Crippen LogP contribution in [0.4, 0.5) is 0 Å². The molecule has 0 fully saturated rings. The second-order valence-corrected chi connectivity index (χ2v) is 14.6. The smallest absolute Gasteiger partial charge is 0.462 e. The fraction of sp³-hybridized carbons (Fsp3) is 0.756. The number of ether oxygens (including phenoxy) is 2. The van der Waals surface area contributed by atoms with Gasteiger partial charge in [-0.05, 0) is 77.0 Å². The molecule has 2 unspecified atom stereocenters. The van der Waals surface area contributed by atoms with E-state index in [-0.39, 0.29) is 25.4 Å². The summed E-state index contributed by atoms with van der Waals surface area (Å²) < 4.78 is 31.9. The highest BCUT2D eigenvalue weighted by Crippen LogP contribution is 2.42. The monoisotopic (exact) mass is 725 g/mol. The first-order chi connectivity index (χ1) is 24.3. The largest absolute Gasteiger partial charge is 0.472 e. The highest BCUT2D eigenvalue weighted by atomic mass is 31.2. The molecule has 8 nitrogen and oxygen atoms in total. The molecular weight excluding hydrogens is 651 g/mol. The van der Waals surface area contributed by atoms with Crippen LogP contribution in [0.3, 0.4) is 0 Å². The Balaban J connectivity index is 4.10. The van der Waals surface area contributed by atoms with Gasteiger partial charge in [-0.1, -0.05) is 133 Å². The summed E-state index contributed by atoms with van der Waals surface area (Å²) in [7, 11) is -3.21. The average Bonchev–Trinajstić information content (AvgIpc) is 3.10. The topological polar surface area (TPSA) is 108 Å². The van der Waals surface area contributed by atoms with Gasteiger partial charge in [-0.15, -0.1) is 0 Å². The van der Waals surface area contributed by atoms with Gasteiger partial charge >= 0.3 is 19.8 Å². The van der Waals surface area contributed by atoms with E-state index >= 15 is 0 Å². The average molecular weight is 725 g/mol. The van der Waals surface area contributed by atoms with Crippen LogP contribution in [0.15, 0.2) is 48.6 Å². The fourth-order valence-electron chi connectivity index (χ4n) is 5.19. The molecule has 0 bridgehead atoms. The Morgan fingerprint density at radius 1 is 0.560 bits per heavy atom. The van der Waals surface area contributed by atoms with Crippen molar-refractivity contribution >= 4 is 19.8 Å². The summed E-state index contributed by atoms with van der Waals surface area (Å²) in [6, 6.07) is 0. The summed E-state index contributed by atoms with van der Waals surface area (Å²) in [5, 5.41) is 0. The van der Waals surface area contributed by atoms with Crippen molar-refractivity contribution in [1.82, 2.24) is 0 Å². The van der Waals surface area contributed by atoms with Gasteiger partial charge in [0, 0.05) is 20.0 Å². The molecule has 2 atom stereocenters. The summed E-state index contributed by atoms with van der Waals surface area (Å²) in [5.41, 5.74) is 0. The predicted molar refractivity (Wildman–Crippen MR) is 207 cm³/mol. The van der Waals surface area contributed by atoms with Gasteiger partial charge < -0.3 is 14.4 Å². The Bertz CT molecular complexity index is 958. The molecule has 0 aromatic rings. The van der Waals surface area contributed by atoms with E-state index in [0.717, 1.165) is 90.6 Å². The zero-order valence-corrected chi connectivity index (χ0v) is 32.9. The molecule has 9 heteroatoms. The summed E-state index contributed by atoms with van der Waals surface area (Å²) in [6.45, 7) is 3.81. The third kappa shape index (κ3) is 35.8. The van der Waals surface area contributed by atoms with Crippen LogP contribution in [0.1, 0.15) is 174 Å². The Morgan fingerprint density at radius 2 is 0.960 bits per heavy atom. The number of allylic oxidation sites excluding steroid dienone is 8. The Kier molecular flexibility index (Phi) is 35.3. The van der Waals surface area contributed by atoms with E-state index in [4.69, 9.17) is 14.0 Å². The molecule has 0 heterocycles. The van der Waals surface area contributed by atoms with Crippen LogP contribution in [-0.4, -0.2) is 43.3 Å². The molecule has 290 valence electrons. The van der Waals surface area contributed by atoms with Gasteiger partial charge in [0.2, 0.25) is 0 Å². The van der Waals surface area contributed by atoms with E-state index in [1.807, 2.05) is 0 Å². The van der Waals surface area contributed by atoms with E-state index in [1.165, 1.54) is 57.8 Å². The molecule has 0 amide bonds. The van der Waals surface area contributed by atoms with Crippen molar-refractivity contribution in [2.24, 2.45) is 0 Å². The quantitative estimate of drug-likeness (QED) is 0.0294. The molecule has 50 heavy (non-hydrogen) atoms. The number of unbranched alkanes of at least 4 members (excludes halogenated alkanes) is 17. The SMILES string of the molecule is CCCCC/C=C\C/C=C\CCCCCCCC(=O)OCC(COP(=O)(O)OC)OC(=O)CCCCCCC/C=C\C/C=C\CCCCCC. The molecule has 0 aliphatic heterocycles. The number of carbonyl (C=O) groups is 2. The number of phosphoric acid groups is 1. The highest BCUT2D eigenvalue weighted by molar-refractivity contribution is 7.47. The third-order valence-electron chi connectivity index (χ3n) is 8.30. The molecule has 0 saturated carbocycles. The zero-order valence-electron chi connectivity index (χ0n) is 32.0. The normalized spacial score (nSPS) is 13.9. The molecule has 0 rings (SSSR count). The van der Waals surface area contributed by atoms with Crippen molar-refractivity contribution in [2.75, 3.05) is 20.3 Å². The second-order valence-electron chi connectivity index (χ2n) is 13.1. The number of esters is 2. The van der Waals surface area contributed by atoms with Gasteiger partial charge in [-0.3, -0.25) is 18.6 Å². The van der Waals surface area contributed by atoms with E-state index < -0.39 is 26.5 Å². The lowest BCUT2D eigenvalue weighted by Gasteiger charge is -2.19. The Labute approximate surface area is 306 Å². The Morgan fingerprint density at radius 3 is 1.44 bits per heavy atom. The third-order valence-corrected chi connectivity index (χ3v) is 9.23. The minimum Gasteiger partial charge on any atom is -0.462 e. The van der Waals surface area contributed by atoms with Crippen LogP contribution in [0, 0.1) is 0 Å². The lowest BCUT2D eigenvalue weighted by atomic mass is 10.1. The van der Waals surface area contributed by atoms with E-state index in [1.54, 1.807) is 0 Å². The minimum atomic E-state index is -4.27. The molecule has 0 aromatic carbocycles. The molecule has 0 aromatic heterocycles. The minimum absolute atomic E-state index is 0.224. The van der Waals surface area contributed by atoms with Crippen molar-refractivity contribution in [1.29, 1.82) is 0 Å². The van der Waals surface area contributed by atoms with Crippen LogP contribution in [-0.2, 0) is 32.7 Å². The van der Waals surface area contributed by atoms with Crippen LogP contribution in [0.2, 0.25) is 0 Å². The first-order valence-electron chi connectivity index (χ1n) is 19.8. The maximum absolute atomic E-state index is 12.5. The number of rotatable bonds is 36. The van der Waals surface area contributed by atoms with Crippen molar-refractivity contribution in [3.8, 4) is 0 Å². The first kappa shape index (κ1) is 48.0. The number of phosphoric ester groups is 1. The molecule has 0 spiro atoms. The molecule has 0 aliphatic carbocycles. The number of carbonyl (C=O) groups excluding carboxylic acids is 2. The van der Waals surface area contributed by atoms with Gasteiger partial charge in [0.15, 0.2) is 6.10 Å². The highest BCUT2D eigenvalue weighted by Gasteiger charge is 2.24. The fourth-order valence-corrected chi connectivity index (χ4v) is 5.65. The predicted octanol–water partition coefficient (Wildman–Crippen LogP) is 12.2. The van der Waals surface area contributed by atoms with E-state index in [0.29, 0.717) is 6.42 Å². The summed E-state index contributed by atoms with van der Waals surface area (Å²) in [6.07, 6.45) is 43.0. The number of hydrogen-bond donors (Lipinski definition) is 1. The molecule has 0 radical (unpaired) electrons. The van der Waals surface area contributed by atoms with Crippen molar-refractivity contribution < 1.29 is 37.6 Å². The van der Waals surface area contributed by atoms with Gasteiger partial charge in [0.25, 0.3) is 0 Å². The standard InChI is InChI=1S/C41H73O8P/c1-4-6-8-10-12-14-16-18-20-22-24-26-28-30-32-34-36-41(43)49-39(38-48-50(44,45)46-3)37-47-40(42)35-33-31-29-27-25-23-21-19-17-15-13-11-9-7-5-2/h13-16,19-22,39H,4-12,17-18,23-38H2,1-3H3,(H,44,45)/b15-13-,16-14-,21-19-,22-20-. The van der Waals surface area contributed by atoms with Gasteiger partial charge in [-0.2, -0.15) is 0 Å². The lowest BCUT2D eigenvalue weighted by Crippen LogP contribution is -2.29. The molecular formula is C41H73O8P. The van der Waals surface area contributed by atoms with Crippen molar-refractivity contribution in [3.63, 3.8) is 0 Å². The van der Waals surface area contributed by atoms with Crippen molar-refractivity contribution in [2.45, 2.75) is 180 Å². The summed E-state index contributed by atoms with van der Waals surface area (Å²) >= 11 is 0. The van der Waals surface area contributed by atoms with Crippen molar-refractivity contribution in [3.05, 3.63) is 48.6 Å². The van der Waals surface area contributed by atoms with Crippen LogP contribution < -0.4 is 0 Å². The molecule has 1 N–H and O–H groups in total. The van der Waals surface area contributed by atoms with Crippen LogP contribution >= 0.6 is 7.82 Å². The van der Waals surface area contributed by atoms with E-state index in [2.05, 4.69) is 67.0 Å². The summed E-state index contributed by atoms with van der Waals surface area (Å²) in [5.74, 6) is -0.838. The maximum Gasteiger partial charge on any atom is 0.472 e. The van der Waals surface area contributed by atoms with Crippen LogP contribution in [0.5, 0.6) is 0 Å². The summed E-state index contributed by atoms with van der Waals surface area (Å²) in [4.78, 5) is 34.4. The zero-order chi connectivity index (χ0) is 36.8. The van der Waals surface area contributed by atoms with E-state index in [9.17, 15) is 19.0 Å². The van der Waals surface area contributed by atoms with Gasteiger partial charge in [0.1, 0.15) is 6.61 Å².